The number of ether oxygens (including phenoxy) is 1. The number of benzene rings is 2. The molecule has 1 heterocycles. The van der Waals surface area contributed by atoms with Gasteiger partial charge in [-0.15, -0.1) is 11.3 Å². The van der Waals surface area contributed by atoms with Crippen molar-refractivity contribution in [3.05, 3.63) is 52.1 Å². The number of phenols is 1. The Hall–Kier alpha value is -3.18. The number of rotatable bonds is 7. The number of thioether (sulfide) groups is 1. The highest BCUT2D eigenvalue weighted by Gasteiger charge is 2.16. The molecular formula is C17H14N4O5S2. The average Bonchev–Trinajstić information content (AvgIpc) is 3.10. The van der Waals surface area contributed by atoms with E-state index in [2.05, 4.69) is 15.5 Å². The second kappa shape index (κ2) is 8.67. The van der Waals surface area contributed by atoms with Crippen LogP contribution in [0.3, 0.4) is 0 Å². The van der Waals surface area contributed by atoms with Gasteiger partial charge >= 0.3 is 0 Å². The minimum Gasteiger partial charge on any atom is -0.504 e. The monoisotopic (exact) mass is 418 g/mol. The van der Waals surface area contributed by atoms with Crippen molar-refractivity contribution in [2.24, 2.45) is 5.10 Å². The summed E-state index contributed by atoms with van der Waals surface area (Å²) in [6, 6.07) is 9.91. The predicted octanol–water partition coefficient (Wildman–Crippen LogP) is 3.16. The number of carbonyl (C=O) groups excluding carboxylic acids is 1. The molecular weight excluding hydrogens is 404 g/mol. The van der Waals surface area contributed by atoms with Crippen LogP contribution in [0.1, 0.15) is 5.56 Å². The third-order valence-electron chi connectivity index (χ3n) is 3.51. The molecule has 0 radical (unpaired) electrons. The third kappa shape index (κ3) is 4.56. The highest BCUT2D eigenvalue weighted by Crippen LogP contribution is 2.33. The van der Waals surface area contributed by atoms with Gasteiger partial charge < -0.3 is 9.84 Å². The summed E-state index contributed by atoms with van der Waals surface area (Å²) in [5, 5.41) is 24.7. The molecule has 0 aliphatic rings. The van der Waals surface area contributed by atoms with Crippen LogP contribution in [0.25, 0.3) is 10.2 Å². The lowest BCUT2D eigenvalue weighted by atomic mass is 10.2. The van der Waals surface area contributed by atoms with Crippen LogP contribution in [-0.4, -0.2) is 40.0 Å². The zero-order valence-electron chi connectivity index (χ0n) is 14.5. The summed E-state index contributed by atoms with van der Waals surface area (Å²) in [6.07, 6.45) is 1.12. The Morgan fingerprint density at radius 2 is 2.25 bits per heavy atom. The summed E-state index contributed by atoms with van der Waals surface area (Å²) in [5.41, 5.74) is 2.97. The largest absolute Gasteiger partial charge is 0.504 e. The normalized spacial score (nSPS) is 11.0. The van der Waals surface area contributed by atoms with E-state index in [4.69, 9.17) is 4.74 Å². The van der Waals surface area contributed by atoms with Gasteiger partial charge in [-0.25, -0.2) is 10.4 Å². The first-order valence-corrected chi connectivity index (χ1v) is 9.64. The number of amides is 1. The number of hydrogen-bond donors (Lipinski definition) is 2. The van der Waals surface area contributed by atoms with Crippen molar-refractivity contribution in [3.63, 3.8) is 0 Å². The number of phenolic OH excluding ortho intramolecular Hbond substituents is 1. The molecule has 0 aliphatic carbocycles. The van der Waals surface area contributed by atoms with Crippen LogP contribution in [0.5, 0.6) is 11.5 Å². The first kappa shape index (κ1) is 19.6. The lowest BCUT2D eigenvalue weighted by molar-refractivity contribution is -0.385. The van der Waals surface area contributed by atoms with Gasteiger partial charge in [0, 0.05) is 11.6 Å². The van der Waals surface area contributed by atoms with Crippen LogP contribution >= 0.6 is 23.1 Å². The van der Waals surface area contributed by atoms with Gasteiger partial charge in [0.2, 0.25) is 0 Å². The maximum absolute atomic E-state index is 11.9. The average molecular weight is 418 g/mol. The van der Waals surface area contributed by atoms with Crippen LogP contribution in [0.15, 0.2) is 45.8 Å². The molecule has 3 rings (SSSR count). The quantitative estimate of drug-likeness (QED) is 0.261. The maximum atomic E-state index is 11.9. The highest BCUT2D eigenvalue weighted by atomic mass is 32.2. The molecule has 0 fully saturated rings. The van der Waals surface area contributed by atoms with Crippen LogP contribution in [-0.2, 0) is 4.79 Å². The molecule has 2 N–H and O–H groups in total. The predicted molar refractivity (Wildman–Crippen MR) is 107 cm³/mol. The van der Waals surface area contributed by atoms with Crippen LogP contribution in [0.4, 0.5) is 5.69 Å². The van der Waals surface area contributed by atoms with Crippen molar-refractivity contribution in [2.45, 2.75) is 4.34 Å². The number of fused-ring (bicyclic) bond motifs is 1. The molecule has 28 heavy (non-hydrogen) atoms. The number of aromatic hydroxyl groups is 1. The van der Waals surface area contributed by atoms with Gasteiger partial charge in [-0.05, 0) is 12.1 Å². The van der Waals surface area contributed by atoms with E-state index in [0.29, 0.717) is 0 Å². The fraction of sp³-hybridized carbons (Fsp3) is 0.118. The number of non-ortho nitro benzene ring substituents is 1. The zero-order chi connectivity index (χ0) is 20.1. The Kier molecular flexibility index (Phi) is 6.06. The molecule has 0 unspecified atom stereocenters. The summed E-state index contributed by atoms with van der Waals surface area (Å²) in [4.78, 5) is 26.7. The number of aromatic nitrogens is 1. The van der Waals surface area contributed by atoms with E-state index in [-0.39, 0.29) is 34.4 Å². The zero-order valence-corrected chi connectivity index (χ0v) is 16.1. The Morgan fingerprint density at radius 1 is 1.46 bits per heavy atom. The first-order chi connectivity index (χ1) is 13.5. The second-order valence-corrected chi connectivity index (χ2v) is 7.63. The number of nitrogens with one attached hydrogen (secondary N) is 1. The van der Waals surface area contributed by atoms with Gasteiger partial charge in [0.05, 0.1) is 40.3 Å². The lowest BCUT2D eigenvalue weighted by Gasteiger charge is -2.05. The number of thiazole rings is 1. The van der Waals surface area contributed by atoms with Crippen molar-refractivity contribution in [2.75, 3.05) is 12.9 Å². The highest BCUT2D eigenvalue weighted by molar-refractivity contribution is 8.01. The minimum absolute atomic E-state index is 0.0465. The number of carbonyl (C=O) groups is 1. The number of hydrogen-bond acceptors (Lipinski definition) is 9. The second-order valence-electron chi connectivity index (χ2n) is 5.37. The molecule has 1 amide bonds. The first-order valence-electron chi connectivity index (χ1n) is 7.83. The van der Waals surface area contributed by atoms with E-state index in [1.54, 1.807) is 0 Å². The number of nitro benzene ring substituents is 1. The number of hydrazone groups is 1. The summed E-state index contributed by atoms with van der Waals surface area (Å²) in [7, 11) is 1.28. The van der Waals surface area contributed by atoms with Crippen molar-refractivity contribution in [3.8, 4) is 11.5 Å². The number of nitrogens with zero attached hydrogens (tertiary/aromatic N) is 3. The lowest BCUT2D eigenvalue weighted by Crippen LogP contribution is -2.19. The molecule has 0 saturated carbocycles. The van der Waals surface area contributed by atoms with E-state index in [0.717, 1.165) is 32.9 Å². The standard InChI is InChI=1S/C17H14N4O5S2/c1-26-13-7-11(21(24)25)6-10(16(13)23)8-18-20-15(22)9-27-17-19-12-4-2-3-5-14(12)28-17/h2-8,23H,9H2,1H3,(H,20,22)/b18-8-. The van der Waals surface area contributed by atoms with Crippen LogP contribution in [0.2, 0.25) is 0 Å². The number of nitro groups is 1. The van der Waals surface area contributed by atoms with E-state index in [1.807, 2.05) is 24.3 Å². The number of para-hydroxylation sites is 1. The molecule has 0 atom stereocenters. The van der Waals surface area contributed by atoms with Crippen molar-refractivity contribution in [1.82, 2.24) is 10.4 Å². The summed E-state index contributed by atoms with van der Waals surface area (Å²) in [6.45, 7) is 0. The molecule has 3 aromatic rings. The molecule has 11 heteroatoms. The van der Waals surface area contributed by atoms with Gasteiger partial charge in [0.15, 0.2) is 15.8 Å². The maximum Gasteiger partial charge on any atom is 0.274 e. The van der Waals surface area contributed by atoms with Crippen molar-refractivity contribution in [1.29, 1.82) is 0 Å². The van der Waals surface area contributed by atoms with Gasteiger partial charge in [0.25, 0.3) is 11.6 Å². The SMILES string of the molecule is COc1cc([N+](=O)[O-])cc(/C=N\NC(=O)CSc2nc3ccccc3s2)c1O. The fourth-order valence-corrected chi connectivity index (χ4v) is 4.08. The molecule has 2 aromatic carbocycles. The Morgan fingerprint density at radius 3 is 2.96 bits per heavy atom. The molecule has 0 bridgehead atoms. The van der Waals surface area contributed by atoms with Crippen molar-refractivity contribution < 1.29 is 19.6 Å². The summed E-state index contributed by atoms with van der Waals surface area (Å²) < 4.78 is 6.71. The molecule has 0 spiro atoms. The Bertz CT molecular complexity index is 1030. The van der Waals surface area contributed by atoms with Gasteiger partial charge in [0.1, 0.15) is 0 Å². The summed E-state index contributed by atoms with van der Waals surface area (Å²) in [5.74, 6) is -0.651. The van der Waals surface area contributed by atoms with Gasteiger partial charge in [-0.2, -0.15) is 5.10 Å². The fourth-order valence-electron chi connectivity index (χ4n) is 2.22. The van der Waals surface area contributed by atoms with Crippen LogP contribution < -0.4 is 10.2 Å². The smallest absolute Gasteiger partial charge is 0.274 e. The molecule has 0 saturated heterocycles. The molecule has 9 nitrogen and oxygen atoms in total. The van der Waals surface area contributed by atoms with Crippen molar-refractivity contribution >= 4 is 51.1 Å². The third-order valence-corrected chi connectivity index (χ3v) is 5.69. The molecule has 1 aromatic heterocycles. The van der Waals surface area contributed by atoms with E-state index < -0.39 is 4.92 Å². The topological polar surface area (TPSA) is 127 Å². The van der Waals surface area contributed by atoms with Crippen LogP contribution in [0, 0.1) is 10.1 Å². The Labute approximate surface area is 167 Å². The minimum atomic E-state index is -0.619. The Balaban J connectivity index is 1.61. The summed E-state index contributed by atoms with van der Waals surface area (Å²) >= 11 is 2.77. The number of methoxy groups -OCH3 is 1. The van der Waals surface area contributed by atoms with E-state index >= 15 is 0 Å². The van der Waals surface area contributed by atoms with Gasteiger partial charge in [-0.1, -0.05) is 23.9 Å². The van der Waals surface area contributed by atoms with Gasteiger partial charge in [-0.3, -0.25) is 14.9 Å². The molecule has 0 aliphatic heterocycles. The van der Waals surface area contributed by atoms with E-state index in [1.165, 1.54) is 30.2 Å². The molecule has 144 valence electrons. The van der Waals surface area contributed by atoms with E-state index in [9.17, 15) is 20.0 Å².